The van der Waals surface area contributed by atoms with Crippen LogP contribution in [0.1, 0.15) is 123 Å². The molecule has 0 aliphatic carbocycles. The lowest BCUT2D eigenvalue weighted by Gasteiger charge is -2.32. The Morgan fingerprint density at radius 2 is 2.00 bits per heavy atom. The predicted molar refractivity (Wildman–Crippen MR) is 180 cm³/mol. The number of aliphatic carboxylic acids is 1. The number of methoxy groups -OCH3 is 1. The van der Waals surface area contributed by atoms with Crippen LogP contribution >= 0.6 is 0 Å². The lowest BCUT2D eigenvalue weighted by molar-refractivity contribution is -0.143. The number of nitrogens with one attached hydrogen (secondary N) is 1. The summed E-state index contributed by atoms with van der Waals surface area (Å²) >= 11 is 0. The number of carbonyl (C=O) groups is 1. The number of likely N-dealkylation sites (tertiary alicyclic amines) is 1. The molecule has 1 fully saturated rings. The molecule has 0 spiro atoms. The van der Waals surface area contributed by atoms with Gasteiger partial charge in [-0.2, -0.15) is 0 Å². The molecule has 6 nitrogen and oxygen atoms in total. The number of hydrogen-bond donors (Lipinski definition) is 2. The van der Waals surface area contributed by atoms with Crippen molar-refractivity contribution in [3.05, 3.63) is 52.5 Å². The Labute approximate surface area is 267 Å². The number of hydrogen-bond acceptors (Lipinski definition) is 5. The minimum Gasteiger partial charge on any atom is -0.493 e. The van der Waals surface area contributed by atoms with Gasteiger partial charge < -0.3 is 15.2 Å². The molecule has 248 valence electrons. The summed E-state index contributed by atoms with van der Waals surface area (Å²) in [6.07, 6.45) is 14.0. The first-order valence-electron chi connectivity index (χ1n) is 17.1. The van der Waals surface area contributed by atoms with E-state index in [4.69, 9.17) is 4.74 Å². The van der Waals surface area contributed by atoms with Crippen molar-refractivity contribution in [3.63, 3.8) is 0 Å². The SMILES string of the molecule is CCC(C)(/C=C\C1=C(C)NCCC1)CCCCCN(CC(C)C)[C@@H]1CCN(C(C(=O)O)c2cc(C(C)C)cc(F)c2OC)C1. The van der Waals surface area contributed by atoms with Gasteiger partial charge >= 0.3 is 5.97 Å². The maximum absolute atomic E-state index is 15.0. The van der Waals surface area contributed by atoms with E-state index in [1.54, 1.807) is 0 Å². The number of carboxylic acid groups (broad SMARTS) is 1. The predicted octanol–water partition coefficient (Wildman–Crippen LogP) is 8.31. The lowest BCUT2D eigenvalue weighted by Crippen LogP contribution is -2.42. The summed E-state index contributed by atoms with van der Waals surface area (Å²) < 4.78 is 20.4. The van der Waals surface area contributed by atoms with Gasteiger partial charge in [0.2, 0.25) is 0 Å². The summed E-state index contributed by atoms with van der Waals surface area (Å²) in [7, 11) is 1.42. The van der Waals surface area contributed by atoms with Crippen LogP contribution in [-0.4, -0.2) is 66.8 Å². The number of rotatable bonds is 17. The Hall–Kier alpha value is -2.38. The van der Waals surface area contributed by atoms with Crippen molar-refractivity contribution in [3.8, 4) is 5.75 Å². The first kappa shape index (κ1) is 36.1. The highest BCUT2D eigenvalue weighted by Crippen LogP contribution is 2.37. The van der Waals surface area contributed by atoms with E-state index in [-0.39, 0.29) is 23.1 Å². The van der Waals surface area contributed by atoms with Gasteiger partial charge in [-0.05, 0) is 92.5 Å². The van der Waals surface area contributed by atoms with Crippen molar-refractivity contribution in [1.82, 2.24) is 15.1 Å². The molecular weight excluding hydrogens is 553 g/mol. The van der Waals surface area contributed by atoms with Crippen LogP contribution in [-0.2, 0) is 4.79 Å². The van der Waals surface area contributed by atoms with Gasteiger partial charge in [-0.3, -0.25) is 14.6 Å². The molecule has 0 saturated carbocycles. The second-order valence-corrected chi connectivity index (χ2v) is 14.2. The first-order valence-corrected chi connectivity index (χ1v) is 17.1. The molecule has 3 rings (SSSR count). The smallest absolute Gasteiger partial charge is 0.325 e. The van der Waals surface area contributed by atoms with Crippen LogP contribution in [0.4, 0.5) is 4.39 Å². The van der Waals surface area contributed by atoms with E-state index in [0.29, 0.717) is 24.6 Å². The van der Waals surface area contributed by atoms with E-state index < -0.39 is 17.8 Å². The number of allylic oxidation sites excluding steroid dienone is 4. The van der Waals surface area contributed by atoms with Gasteiger partial charge in [0, 0.05) is 43.5 Å². The van der Waals surface area contributed by atoms with Gasteiger partial charge in [0.05, 0.1) is 7.11 Å². The topological polar surface area (TPSA) is 65.0 Å². The monoisotopic (exact) mass is 613 g/mol. The third kappa shape index (κ3) is 9.81. The lowest BCUT2D eigenvalue weighted by atomic mass is 9.81. The number of nitrogens with zero attached hydrogens (tertiary/aromatic N) is 2. The summed E-state index contributed by atoms with van der Waals surface area (Å²) in [5.41, 5.74) is 4.19. The van der Waals surface area contributed by atoms with Crippen LogP contribution < -0.4 is 10.1 Å². The summed E-state index contributed by atoms with van der Waals surface area (Å²) in [5, 5.41) is 13.9. The molecule has 44 heavy (non-hydrogen) atoms. The number of ether oxygens (including phenoxy) is 1. The number of benzene rings is 1. The Morgan fingerprint density at radius 1 is 1.25 bits per heavy atom. The van der Waals surface area contributed by atoms with Crippen LogP contribution in [0.15, 0.2) is 35.6 Å². The molecule has 7 heteroatoms. The fourth-order valence-corrected chi connectivity index (χ4v) is 6.83. The van der Waals surface area contributed by atoms with Gasteiger partial charge in [-0.15, -0.1) is 0 Å². The molecule has 2 N–H and O–H groups in total. The van der Waals surface area contributed by atoms with Gasteiger partial charge in [-0.1, -0.05) is 66.5 Å². The number of unbranched alkanes of at least 4 members (excludes halogenated alkanes) is 2. The zero-order valence-electron chi connectivity index (χ0n) is 28.8. The molecule has 0 amide bonds. The molecular formula is C37H60FN3O3. The molecule has 1 aromatic carbocycles. The number of carboxylic acids is 1. The van der Waals surface area contributed by atoms with E-state index in [1.807, 2.05) is 24.8 Å². The van der Waals surface area contributed by atoms with Crippen LogP contribution in [0.2, 0.25) is 0 Å². The second kappa shape index (κ2) is 16.8. The van der Waals surface area contributed by atoms with Crippen molar-refractivity contribution in [1.29, 1.82) is 0 Å². The summed E-state index contributed by atoms with van der Waals surface area (Å²) in [4.78, 5) is 17.3. The minimum atomic E-state index is -0.959. The molecule has 2 heterocycles. The van der Waals surface area contributed by atoms with Crippen molar-refractivity contribution < 1.29 is 19.0 Å². The standard InChI is InChI=1S/C37H60FN3O3/c1-9-37(7,18-15-29-14-13-19-39-28(29)6)17-11-10-12-20-40(24-26(2)3)31-16-21-41(25-31)34(36(42)43)32-22-30(27(4)5)23-33(38)35(32)44-8/h15,18,22-23,26-27,31,34,39H,9-14,16-17,19-21,24-25H2,1-8H3,(H,42,43)/b18-15-/t31-,34?,37?/m1/s1. The molecule has 0 bridgehead atoms. The van der Waals surface area contributed by atoms with E-state index in [2.05, 4.69) is 57.0 Å². The largest absolute Gasteiger partial charge is 0.493 e. The second-order valence-electron chi connectivity index (χ2n) is 14.2. The summed E-state index contributed by atoms with van der Waals surface area (Å²) in [6, 6.07) is 2.64. The minimum absolute atomic E-state index is 0.0421. The fourth-order valence-electron chi connectivity index (χ4n) is 6.83. The Kier molecular flexibility index (Phi) is 13.8. The van der Waals surface area contributed by atoms with Crippen LogP contribution in [0.25, 0.3) is 0 Å². The van der Waals surface area contributed by atoms with Gasteiger partial charge in [0.25, 0.3) is 0 Å². The third-order valence-corrected chi connectivity index (χ3v) is 9.85. The highest BCUT2D eigenvalue weighted by atomic mass is 19.1. The quantitative estimate of drug-likeness (QED) is 0.172. The fraction of sp³-hybridized carbons (Fsp3) is 0.703. The zero-order valence-corrected chi connectivity index (χ0v) is 28.8. The average molecular weight is 614 g/mol. The molecule has 2 aliphatic heterocycles. The molecule has 1 aromatic rings. The highest BCUT2D eigenvalue weighted by molar-refractivity contribution is 5.77. The van der Waals surface area contributed by atoms with Crippen LogP contribution in [0.3, 0.4) is 0 Å². The molecule has 1 saturated heterocycles. The first-order chi connectivity index (χ1) is 20.9. The summed E-state index contributed by atoms with van der Waals surface area (Å²) in [5.74, 6) is -0.806. The molecule has 0 radical (unpaired) electrons. The summed E-state index contributed by atoms with van der Waals surface area (Å²) in [6.45, 7) is 19.8. The van der Waals surface area contributed by atoms with Gasteiger partial charge in [-0.25, -0.2) is 4.39 Å². The normalized spacial score (nSPS) is 20.1. The zero-order chi connectivity index (χ0) is 32.4. The third-order valence-electron chi connectivity index (χ3n) is 9.85. The van der Waals surface area contributed by atoms with E-state index in [9.17, 15) is 9.90 Å². The van der Waals surface area contributed by atoms with E-state index in [1.165, 1.54) is 56.6 Å². The van der Waals surface area contributed by atoms with Crippen molar-refractivity contribution >= 4 is 5.97 Å². The van der Waals surface area contributed by atoms with Crippen molar-refractivity contribution in [2.45, 2.75) is 118 Å². The van der Waals surface area contributed by atoms with Crippen LogP contribution in [0.5, 0.6) is 5.75 Å². The molecule has 0 aromatic heterocycles. The molecule has 2 aliphatic rings. The van der Waals surface area contributed by atoms with E-state index >= 15 is 4.39 Å². The van der Waals surface area contributed by atoms with Gasteiger partial charge in [0.15, 0.2) is 11.6 Å². The average Bonchev–Trinajstić information content (AvgIpc) is 3.45. The highest BCUT2D eigenvalue weighted by Gasteiger charge is 2.38. The van der Waals surface area contributed by atoms with Crippen LogP contribution in [0, 0.1) is 17.2 Å². The maximum Gasteiger partial charge on any atom is 0.325 e. The number of halogens is 1. The molecule has 3 atom stereocenters. The Bertz CT molecular complexity index is 1150. The Morgan fingerprint density at radius 3 is 2.61 bits per heavy atom. The van der Waals surface area contributed by atoms with Gasteiger partial charge in [0.1, 0.15) is 6.04 Å². The Balaban J connectivity index is 1.62. The molecule has 2 unspecified atom stereocenters. The maximum atomic E-state index is 15.0. The van der Waals surface area contributed by atoms with Crippen molar-refractivity contribution in [2.24, 2.45) is 11.3 Å². The van der Waals surface area contributed by atoms with E-state index in [0.717, 1.165) is 44.5 Å². The van der Waals surface area contributed by atoms with Crippen molar-refractivity contribution in [2.75, 3.05) is 39.8 Å².